The molecule has 0 aliphatic carbocycles. The lowest BCUT2D eigenvalue weighted by molar-refractivity contribution is 1.30. The van der Waals surface area contributed by atoms with Crippen LogP contribution in [0.25, 0.3) is 54.9 Å². The first-order valence-corrected chi connectivity index (χ1v) is 14.1. The molecule has 0 saturated heterocycles. The van der Waals surface area contributed by atoms with Crippen molar-refractivity contribution in [2.75, 3.05) is 4.90 Å². The number of nitrogens with zero attached hydrogens (tertiary/aromatic N) is 1. The van der Waals surface area contributed by atoms with E-state index in [2.05, 4.69) is 0 Å². The molecular weight excluding hydrogens is 542 g/mol. The van der Waals surface area contributed by atoms with Crippen molar-refractivity contribution >= 4 is 38.6 Å². The van der Waals surface area contributed by atoms with Crippen LogP contribution in [0.2, 0.25) is 0 Å². The van der Waals surface area contributed by atoms with Crippen molar-refractivity contribution in [3.8, 4) is 33.4 Å². The van der Waals surface area contributed by atoms with E-state index < -0.39 is 125 Å². The maximum Gasteiger partial charge on any atom is 0.0645 e. The van der Waals surface area contributed by atoms with Crippen molar-refractivity contribution in [3.05, 3.63) is 188 Å². The van der Waals surface area contributed by atoms with Crippen LogP contribution < -0.4 is 4.90 Å². The van der Waals surface area contributed by atoms with Gasteiger partial charge < -0.3 is 4.90 Å². The molecule has 0 bridgehead atoms. The lowest BCUT2D eigenvalue weighted by atomic mass is 9.95. The molecule has 0 aromatic heterocycles. The quantitative estimate of drug-likeness (QED) is 0.186. The van der Waals surface area contributed by atoms with Crippen LogP contribution in [0.15, 0.2) is 188 Å². The SMILES string of the molecule is [2H]c1c([2H])c([2H])c(-c2c([2H])c([2H])c(N(c3ccc(-c4cccc(-c5cccc6ccccc56)c4)cc3)c3c([2H])c([2H])c([2H])c4c([2H])c([2H])c([2H])c([2H])c34)c([2H])c2[2H])c([2H])c1[2H]. The van der Waals surface area contributed by atoms with Crippen LogP contribution in [0.4, 0.5) is 17.1 Å². The topological polar surface area (TPSA) is 3.24 Å². The monoisotopic (exact) mass is 589 g/mol. The van der Waals surface area contributed by atoms with Gasteiger partial charge in [-0.2, -0.15) is 0 Å². The number of anilines is 3. The van der Waals surface area contributed by atoms with Crippen LogP contribution in [0.1, 0.15) is 21.9 Å². The van der Waals surface area contributed by atoms with Gasteiger partial charge in [0.2, 0.25) is 0 Å². The van der Waals surface area contributed by atoms with E-state index in [9.17, 15) is 4.11 Å². The Kier molecular flexibility index (Phi) is 3.80. The summed E-state index contributed by atoms with van der Waals surface area (Å²) in [7, 11) is 0. The van der Waals surface area contributed by atoms with Crippen molar-refractivity contribution in [3.63, 3.8) is 0 Å². The van der Waals surface area contributed by atoms with E-state index in [4.69, 9.17) is 17.8 Å². The van der Waals surface area contributed by atoms with Gasteiger partial charge in [0.1, 0.15) is 0 Å². The van der Waals surface area contributed by atoms with Crippen molar-refractivity contribution in [1.29, 1.82) is 0 Å². The van der Waals surface area contributed by atoms with E-state index >= 15 is 0 Å². The zero-order valence-corrected chi connectivity index (χ0v) is 23.6. The fourth-order valence-electron chi connectivity index (χ4n) is 5.40. The minimum absolute atomic E-state index is 0.0876. The highest BCUT2D eigenvalue weighted by Gasteiger charge is 2.16. The van der Waals surface area contributed by atoms with Crippen molar-refractivity contribution in [2.24, 2.45) is 0 Å². The third kappa shape index (κ3) is 5.15. The molecule has 45 heavy (non-hydrogen) atoms. The summed E-state index contributed by atoms with van der Waals surface area (Å²) in [6, 6.07) is 16.7. The molecule has 1 nitrogen and oxygen atoms in total. The summed E-state index contributed by atoms with van der Waals surface area (Å²) in [5.41, 5.74) is 1.46. The fraction of sp³-hybridized carbons (Fsp3) is 0. The first-order chi connectivity index (χ1) is 29.0. The molecule has 1 heteroatoms. The number of rotatable bonds is 6. The lowest BCUT2D eigenvalue weighted by Crippen LogP contribution is -2.10. The largest absolute Gasteiger partial charge is 0.310 e. The summed E-state index contributed by atoms with van der Waals surface area (Å²) < 4.78 is 140. The van der Waals surface area contributed by atoms with Gasteiger partial charge in [0, 0.05) is 16.8 Å². The van der Waals surface area contributed by atoms with Gasteiger partial charge in [-0.1, -0.05) is 151 Å². The van der Waals surface area contributed by atoms with Gasteiger partial charge in [0.15, 0.2) is 0 Å². The molecule has 0 fully saturated rings. The normalized spacial score (nSPS) is 16.1. The number of fused-ring (bicyclic) bond motifs is 2. The van der Waals surface area contributed by atoms with E-state index in [1.165, 1.54) is 0 Å². The maximum absolute atomic E-state index is 9.35. The Bertz CT molecular complexity index is 3090. The lowest BCUT2D eigenvalue weighted by Gasteiger charge is -2.27. The molecule has 0 spiro atoms. The van der Waals surface area contributed by atoms with Crippen LogP contribution in [0.3, 0.4) is 0 Å². The second kappa shape index (κ2) is 11.6. The van der Waals surface area contributed by atoms with E-state index in [0.29, 0.717) is 5.56 Å². The Hall–Kier alpha value is -5.92. The van der Waals surface area contributed by atoms with Gasteiger partial charge in [-0.3, -0.25) is 0 Å². The van der Waals surface area contributed by atoms with Gasteiger partial charge in [0.05, 0.1) is 27.6 Å². The minimum Gasteiger partial charge on any atom is -0.310 e. The summed E-state index contributed by atoms with van der Waals surface area (Å²) in [6.07, 6.45) is 0. The van der Waals surface area contributed by atoms with Crippen LogP contribution in [-0.4, -0.2) is 0 Å². The number of hydrogen-bond donors (Lipinski definition) is 0. The highest BCUT2D eigenvalue weighted by Crippen LogP contribution is 2.40. The van der Waals surface area contributed by atoms with Gasteiger partial charge in [0.25, 0.3) is 0 Å². The Morgan fingerprint density at radius 2 is 1.07 bits per heavy atom. The molecule has 0 heterocycles. The highest BCUT2D eigenvalue weighted by atomic mass is 15.1. The third-order valence-electron chi connectivity index (χ3n) is 7.52. The Morgan fingerprint density at radius 3 is 1.93 bits per heavy atom. The predicted molar refractivity (Wildman–Crippen MR) is 192 cm³/mol. The number of benzene rings is 8. The van der Waals surface area contributed by atoms with Gasteiger partial charge in [-0.05, 0) is 85.9 Å². The first-order valence-electron chi connectivity index (χ1n) is 22.1. The fourth-order valence-corrected chi connectivity index (χ4v) is 5.40. The molecule has 8 aromatic carbocycles. The summed E-state index contributed by atoms with van der Waals surface area (Å²) in [6.45, 7) is 0. The predicted octanol–water partition coefficient (Wildman–Crippen LogP) is 12.5. The van der Waals surface area contributed by atoms with Crippen LogP contribution in [0, 0.1) is 0 Å². The van der Waals surface area contributed by atoms with Gasteiger partial charge in [-0.25, -0.2) is 0 Å². The third-order valence-corrected chi connectivity index (χ3v) is 7.52. The van der Waals surface area contributed by atoms with Crippen molar-refractivity contribution in [1.82, 2.24) is 0 Å². The number of hydrogen-bond acceptors (Lipinski definition) is 1. The van der Waals surface area contributed by atoms with Crippen LogP contribution in [-0.2, 0) is 0 Å². The summed E-state index contributed by atoms with van der Waals surface area (Å²) in [4.78, 5) is 1.09. The average molecular weight is 590 g/mol. The van der Waals surface area contributed by atoms with E-state index in [-0.39, 0.29) is 11.1 Å². The van der Waals surface area contributed by atoms with E-state index in [0.717, 1.165) is 32.4 Å². The molecule has 0 aliphatic heterocycles. The second-order valence-corrected chi connectivity index (χ2v) is 10.2. The summed E-state index contributed by atoms with van der Waals surface area (Å²) in [5, 5.41) is 1.36. The molecule has 0 aliphatic rings. The Balaban J connectivity index is 1.40. The standard InChI is InChI=1S/C44H31N/c1-2-11-32(12-3-1)33-23-27-39(28-24-33)45(44-22-10-16-36-14-5-7-20-43(36)44)40-29-25-34(26-30-40)37-17-8-18-38(31-37)42-21-9-15-35-13-4-6-19-41(35)42/h1-31H/i1D,2D,3D,5D,7D,10D,11D,12D,14D,16D,20D,22D,23D,24D,27D,28D. The molecule has 0 unspecified atom stereocenters. The first kappa shape index (κ1) is 14.7. The second-order valence-electron chi connectivity index (χ2n) is 10.2. The molecule has 0 atom stereocenters. The Morgan fingerprint density at radius 1 is 0.378 bits per heavy atom. The molecule has 0 N–H and O–H groups in total. The van der Waals surface area contributed by atoms with E-state index in [1.807, 2.05) is 66.7 Å². The average Bonchev–Trinajstić information content (AvgIpc) is 3.27. The van der Waals surface area contributed by atoms with Crippen molar-refractivity contribution < 1.29 is 21.9 Å². The molecular formula is C44H31N. The molecule has 0 radical (unpaired) electrons. The smallest absolute Gasteiger partial charge is 0.0645 e. The van der Waals surface area contributed by atoms with Gasteiger partial charge >= 0.3 is 0 Å². The molecule has 0 saturated carbocycles. The zero-order valence-electron chi connectivity index (χ0n) is 39.6. The molecule has 8 aromatic rings. The van der Waals surface area contributed by atoms with E-state index in [1.54, 1.807) is 24.3 Å². The zero-order chi connectivity index (χ0) is 43.9. The van der Waals surface area contributed by atoms with Crippen molar-refractivity contribution in [2.45, 2.75) is 0 Å². The summed E-state index contributed by atoms with van der Waals surface area (Å²) >= 11 is 0. The maximum atomic E-state index is 9.35. The minimum atomic E-state index is -0.803. The van der Waals surface area contributed by atoms with Gasteiger partial charge in [-0.15, -0.1) is 0 Å². The molecule has 0 amide bonds. The summed E-state index contributed by atoms with van der Waals surface area (Å²) in [5.74, 6) is 0. The molecule has 8 rings (SSSR count). The van der Waals surface area contributed by atoms with Crippen LogP contribution >= 0.6 is 0 Å². The highest BCUT2D eigenvalue weighted by molar-refractivity contribution is 5.99. The van der Waals surface area contributed by atoms with Crippen LogP contribution in [0.5, 0.6) is 0 Å². The Labute approximate surface area is 286 Å². The molecule has 212 valence electrons.